The Hall–Kier alpha value is -4.08. The van der Waals surface area contributed by atoms with Gasteiger partial charge in [0.15, 0.2) is 5.41 Å². The number of likely N-dealkylation sites (tertiary alicyclic amines) is 2. The largest absolute Gasteiger partial charge is 0.507 e. The van der Waals surface area contributed by atoms with Crippen LogP contribution in [0.5, 0.6) is 11.5 Å². The molecule has 2 amide bonds. The average Bonchev–Trinajstić information content (AvgIpc) is 3.23. The van der Waals surface area contributed by atoms with Gasteiger partial charge in [-0.2, -0.15) is 0 Å². The summed E-state index contributed by atoms with van der Waals surface area (Å²) in [7, 11) is 0. The number of amides is 2. The number of phenols is 2. The fourth-order valence-corrected chi connectivity index (χ4v) is 12.7. The summed E-state index contributed by atoms with van der Waals surface area (Å²) >= 11 is 0. The molecule has 8 atom stereocenters. The summed E-state index contributed by atoms with van der Waals surface area (Å²) in [5.41, 5.74) is -2.68. The number of carbonyl (C=O) groups excluding carboxylic acids is 4. The van der Waals surface area contributed by atoms with Crippen LogP contribution in [0.2, 0.25) is 0 Å². The zero-order valence-corrected chi connectivity index (χ0v) is 49.0. The number of nitrogens with zero attached hydrogens (tertiary/aromatic N) is 2. The van der Waals surface area contributed by atoms with E-state index < -0.39 is 73.4 Å². The van der Waals surface area contributed by atoms with Crippen LogP contribution in [0.25, 0.3) is 0 Å². The molecule has 2 aliphatic rings. The van der Waals surface area contributed by atoms with Crippen LogP contribution in [-0.2, 0) is 63.2 Å². The molecule has 0 saturated carbocycles. The van der Waals surface area contributed by atoms with Gasteiger partial charge in [0.25, 0.3) is 0 Å². The molecule has 2 saturated heterocycles. The van der Waals surface area contributed by atoms with E-state index in [4.69, 9.17) is 9.47 Å². The van der Waals surface area contributed by atoms with Crippen LogP contribution in [0.3, 0.4) is 0 Å². The van der Waals surface area contributed by atoms with E-state index in [1.807, 2.05) is 131 Å². The predicted octanol–water partition coefficient (Wildman–Crippen LogP) is 13.3. The number of aromatic hydroxyl groups is 2. The SMILES string of the molecule is CCC1(C)CC(OC(=O)C(Cc2cc(C(C)(C)C)c(O)c(C(C)(C)C)c2)(Cc2cc(C(C)(C)C)c(O)c(C(C)(C)C)c2)C(=O)OC2CC(C)(CC)N(C(C)=O)C(C)(CC)C2C)C(C)C(C)(CC)N1C(C)=O. The smallest absolute Gasteiger partial charge is 0.324 e. The summed E-state index contributed by atoms with van der Waals surface area (Å²) in [5.74, 6) is -1.79. The molecule has 0 aromatic heterocycles. The highest BCUT2D eigenvalue weighted by Crippen LogP contribution is 2.51. The van der Waals surface area contributed by atoms with E-state index in [2.05, 4.69) is 55.4 Å². The molecule has 71 heavy (non-hydrogen) atoms. The lowest BCUT2D eigenvalue weighted by atomic mass is 9.67. The molecule has 0 spiro atoms. The zero-order chi connectivity index (χ0) is 54.8. The number of piperidine rings is 2. The molecule has 2 aromatic carbocycles. The second-order valence-corrected chi connectivity index (χ2v) is 27.2. The number of hydrogen-bond donors (Lipinski definition) is 2. The van der Waals surface area contributed by atoms with E-state index in [-0.39, 0.29) is 48.0 Å². The van der Waals surface area contributed by atoms with Crippen molar-refractivity contribution in [3.63, 3.8) is 0 Å². The minimum absolute atomic E-state index is 0.0374. The standard InChI is InChI=1S/C61H98N2O8/c1-25-57(21)35-47(37(5)59(23,27-3)62(57)39(7)64)70-51(68)61(33-41-29-43(53(9,10)11)49(66)44(30-41)54(12,13)14,34-42-31-45(55(15,16)17)50(67)46(32-42)56(18,19)20)52(69)71-48-36-58(22,26-2)63(40(8)65)60(24,28-4)38(48)6/h29-32,37-38,47-48,66-67H,25-28,33-36H2,1-24H3. The van der Waals surface area contributed by atoms with E-state index in [0.29, 0.717) is 71.9 Å². The quantitative estimate of drug-likeness (QED) is 0.159. The molecule has 0 radical (unpaired) electrons. The van der Waals surface area contributed by atoms with Crippen LogP contribution in [0.15, 0.2) is 24.3 Å². The van der Waals surface area contributed by atoms with Crippen molar-refractivity contribution < 1.29 is 38.9 Å². The van der Waals surface area contributed by atoms with Gasteiger partial charge in [0.05, 0.1) is 0 Å². The summed E-state index contributed by atoms with van der Waals surface area (Å²) in [6.07, 6.45) is 1.59. The maximum Gasteiger partial charge on any atom is 0.324 e. The van der Waals surface area contributed by atoms with Gasteiger partial charge in [-0.3, -0.25) is 19.2 Å². The lowest BCUT2D eigenvalue weighted by Crippen LogP contribution is -2.70. The third kappa shape index (κ3) is 11.1. The minimum Gasteiger partial charge on any atom is -0.507 e. The third-order valence-electron chi connectivity index (χ3n) is 17.9. The maximum atomic E-state index is 16.5. The Bertz CT molecular complexity index is 2090. The first-order valence-corrected chi connectivity index (χ1v) is 26.9. The van der Waals surface area contributed by atoms with Crippen LogP contribution in [0.4, 0.5) is 0 Å². The Morgan fingerprint density at radius 3 is 0.972 bits per heavy atom. The number of esters is 2. The Balaban J connectivity index is 2.21. The van der Waals surface area contributed by atoms with Crippen molar-refractivity contribution in [1.29, 1.82) is 0 Å². The van der Waals surface area contributed by atoms with Crippen molar-refractivity contribution in [2.75, 3.05) is 0 Å². The van der Waals surface area contributed by atoms with Gasteiger partial charge in [0, 0.05) is 60.7 Å². The third-order valence-corrected chi connectivity index (χ3v) is 17.9. The second-order valence-electron chi connectivity index (χ2n) is 27.2. The average molecular weight is 987 g/mol. The molecule has 2 N–H and O–H groups in total. The van der Waals surface area contributed by atoms with Gasteiger partial charge >= 0.3 is 11.9 Å². The van der Waals surface area contributed by atoms with E-state index in [9.17, 15) is 19.8 Å². The molecule has 10 nitrogen and oxygen atoms in total. The molecule has 8 unspecified atom stereocenters. The van der Waals surface area contributed by atoms with Gasteiger partial charge in [-0.1, -0.05) is 149 Å². The number of phenolic OH excluding ortho intramolecular Hbond substituents is 2. The molecule has 2 fully saturated rings. The first-order chi connectivity index (χ1) is 32.1. The highest BCUT2D eigenvalue weighted by Gasteiger charge is 2.60. The fourth-order valence-electron chi connectivity index (χ4n) is 12.7. The van der Waals surface area contributed by atoms with Gasteiger partial charge in [0.2, 0.25) is 11.8 Å². The van der Waals surface area contributed by atoms with Crippen LogP contribution in [-0.4, -0.2) is 78.1 Å². The monoisotopic (exact) mass is 987 g/mol. The predicted molar refractivity (Wildman–Crippen MR) is 288 cm³/mol. The van der Waals surface area contributed by atoms with Gasteiger partial charge in [-0.15, -0.1) is 0 Å². The van der Waals surface area contributed by atoms with E-state index in [1.165, 1.54) is 0 Å². The summed E-state index contributed by atoms with van der Waals surface area (Å²) in [5, 5.41) is 24.0. The first kappa shape index (κ1) is 59.5. The lowest BCUT2D eigenvalue weighted by molar-refractivity contribution is -0.201. The van der Waals surface area contributed by atoms with Crippen LogP contribution >= 0.6 is 0 Å². The van der Waals surface area contributed by atoms with Crippen molar-refractivity contribution in [2.45, 2.75) is 274 Å². The van der Waals surface area contributed by atoms with Crippen molar-refractivity contribution in [2.24, 2.45) is 17.3 Å². The van der Waals surface area contributed by atoms with Crippen LogP contribution < -0.4 is 0 Å². The number of hydrogen-bond acceptors (Lipinski definition) is 8. The van der Waals surface area contributed by atoms with Gasteiger partial charge < -0.3 is 29.5 Å². The van der Waals surface area contributed by atoms with Crippen molar-refractivity contribution in [3.05, 3.63) is 57.6 Å². The molecule has 0 bridgehead atoms. The Morgan fingerprint density at radius 2 is 0.775 bits per heavy atom. The number of benzene rings is 2. The zero-order valence-electron chi connectivity index (χ0n) is 49.0. The molecule has 2 heterocycles. The van der Waals surface area contributed by atoms with Crippen LogP contribution in [0.1, 0.15) is 238 Å². The second kappa shape index (κ2) is 20.0. The molecule has 2 aliphatic heterocycles. The van der Waals surface area contributed by atoms with E-state index in [1.54, 1.807) is 13.8 Å². The first-order valence-electron chi connectivity index (χ1n) is 26.9. The number of carbonyl (C=O) groups is 4. The maximum absolute atomic E-state index is 16.5. The minimum atomic E-state index is -2.02. The lowest BCUT2D eigenvalue weighted by Gasteiger charge is -2.60. The molecule has 10 heteroatoms. The molecular formula is C61H98N2O8. The molecule has 400 valence electrons. The summed E-state index contributed by atoms with van der Waals surface area (Å²) in [6.45, 7) is 48.4. The van der Waals surface area contributed by atoms with Gasteiger partial charge in [-0.25, -0.2) is 0 Å². The molecule has 0 aliphatic carbocycles. The van der Waals surface area contributed by atoms with E-state index >= 15 is 9.59 Å². The van der Waals surface area contributed by atoms with Crippen molar-refractivity contribution in [3.8, 4) is 11.5 Å². The van der Waals surface area contributed by atoms with Crippen molar-refractivity contribution in [1.82, 2.24) is 9.80 Å². The molecular weight excluding hydrogens is 889 g/mol. The number of rotatable bonds is 12. The Morgan fingerprint density at radius 1 is 0.521 bits per heavy atom. The summed E-state index contributed by atoms with van der Waals surface area (Å²) < 4.78 is 14.1. The van der Waals surface area contributed by atoms with Gasteiger partial charge in [-0.05, 0) is 121 Å². The number of ether oxygens (including phenoxy) is 2. The molecule has 2 aromatic rings. The summed E-state index contributed by atoms with van der Waals surface area (Å²) in [6, 6.07) is 7.74. The topological polar surface area (TPSA) is 134 Å². The summed E-state index contributed by atoms with van der Waals surface area (Å²) in [4.78, 5) is 64.2. The van der Waals surface area contributed by atoms with Gasteiger partial charge in [0.1, 0.15) is 23.7 Å². The Labute approximate surface area is 430 Å². The van der Waals surface area contributed by atoms with Crippen molar-refractivity contribution >= 4 is 23.8 Å². The molecule has 4 rings (SSSR count). The van der Waals surface area contributed by atoms with Crippen LogP contribution in [0, 0.1) is 17.3 Å². The van der Waals surface area contributed by atoms with E-state index in [0.717, 1.165) is 0 Å². The fraction of sp³-hybridized carbons (Fsp3) is 0.738. The highest BCUT2D eigenvalue weighted by molar-refractivity contribution is 6.01. The normalized spacial score (nSPS) is 27.9. The Kier molecular flexibility index (Phi) is 16.7. The highest BCUT2D eigenvalue weighted by atomic mass is 16.6.